The third-order valence-electron chi connectivity index (χ3n) is 11.7. The summed E-state index contributed by atoms with van der Waals surface area (Å²) in [5.41, 5.74) is 16.8. The predicted molar refractivity (Wildman–Crippen MR) is 226 cm³/mol. The van der Waals surface area contributed by atoms with Gasteiger partial charge in [-0.2, -0.15) is 0 Å². The van der Waals surface area contributed by atoms with E-state index < -0.39 is 20.4 Å². The van der Waals surface area contributed by atoms with Crippen molar-refractivity contribution in [2.45, 2.75) is 47.0 Å². The van der Waals surface area contributed by atoms with Gasteiger partial charge in [0, 0.05) is 0 Å². The van der Waals surface area contributed by atoms with Crippen LogP contribution < -0.4 is 0 Å². The van der Waals surface area contributed by atoms with Crippen LogP contribution in [0.25, 0.3) is 56.7 Å². The molecule has 0 heterocycles. The average Bonchev–Trinajstić information content (AvgIpc) is 3.79. The minimum atomic E-state index is -4.88. The van der Waals surface area contributed by atoms with E-state index in [-0.39, 0.29) is 7.25 Å². The molecule has 0 saturated carbocycles. The number of halogens is 2. The van der Waals surface area contributed by atoms with E-state index in [1.54, 1.807) is 0 Å². The molecule has 0 amide bonds. The predicted octanol–water partition coefficient (Wildman–Crippen LogP) is 15.0. The van der Waals surface area contributed by atoms with Gasteiger partial charge in [-0.25, -0.2) is 0 Å². The van der Waals surface area contributed by atoms with Crippen LogP contribution >= 0.6 is 17.0 Å². The van der Waals surface area contributed by atoms with Crippen molar-refractivity contribution in [2.75, 3.05) is 0 Å². The first-order valence-electron chi connectivity index (χ1n) is 18.6. The molecule has 0 spiro atoms. The molecule has 258 valence electrons. The van der Waals surface area contributed by atoms with Crippen molar-refractivity contribution in [3.05, 3.63) is 179 Å². The summed E-state index contributed by atoms with van der Waals surface area (Å²) in [5, 5.41) is 0. The van der Waals surface area contributed by atoms with E-state index >= 15 is 0 Å². The summed E-state index contributed by atoms with van der Waals surface area (Å²) in [7, 11) is 17.3. The van der Waals surface area contributed by atoms with Crippen molar-refractivity contribution in [2.24, 2.45) is 0 Å². The van der Waals surface area contributed by atoms with E-state index in [0.717, 1.165) is 12.8 Å². The second kappa shape index (κ2) is 14.0. The number of rotatable bonds is 8. The molecule has 0 nitrogen and oxygen atoms in total. The van der Waals surface area contributed by atoms with Crippen LogP contribution in [-0.4, -0.2) is 5.43 Å². The summed E-state index contributed by atoms with van der Waals surface area (Å²) in [6.07, 6.45) is 6.78. The Morgan fingerprint density at radius 2 is 0.788 bits per heavy atom. The Balaban J connectivity index is 1.24. The molecular formula is C48H44Cl2SiZr. The quantitative estimate of drug-likeness (QED) is 0.134. The molecule has 4 heteroatoms. The molecule has 0 N–H and O–H groups in total. The molecule has 8 rings (SSSR count). The summed E-state index contributed by atoms with van der Waals surface area (Å²) in [4.78, 5) is 0. The molecule has 6 aromatic rings. The summed E-state index contributed by atoms with van der Waals surface area (Å²) in [6.45, 7) is 9.39. The Labute approximate surface area is 317 Å². The first kappa shape index (κ1) is 35.5. The van der Waals surface area contributed by atoms with Crippen molar-refractivity contribution >= 4 is 34.6 Å². The van der Waals surface area contributed by atoms with Crippen molar-refractivity contribution in [1.29, 1.82) is 0 Å². The van der Waals surface area contributed by atoms with Crippen molar-refractivity contribution in [3.63, 3.8) is 0 Å². The zero-order valence-electron chi connectivity index (χ0n) is 30.3. The Kier molecular flexibility index (Phi) is 9.59. The molecule has 0 aromatic heterocycles. The molecule has 2 atom stereocenters. The first-order valence-corrected chi connectivity index (χ1v) is 33.9. The normalized spacial score (nSPS) is 16.6. The van der Waals surface area contributed by atoms with E-state index in [1.165, 1.54) is 77.9 Å². The van der Waals surface area contributed by atoms with Gasteiger partial charge in [0.05, 0.1) is 0 Å². The third kappa shape index (κ3) is 5.82. The number of hydrogen-bond donors (Lipinski definition) is 0. The van der Waals surface area contributed by atoms with Gasteiger partial charge in [-0.15, -0.1) is 0 Å². The second-order valence-electron chi connectivity index (χ2n) is 14.7. The second-order valence-corrected chi connectivity index (χ2v) is 53.4. The van der Waals surface area contributed by atoms with Gasteiger partial charge in [0.25, 0.3) is 0 Å². The van der Waals surface area contributed by atoms with Crippen LogP contribution in [0.5, 0.6) is 0 Å². The van der Waals surface area contributed by atoms with Gasteiger partial charge in [0.1, 0.15) is 0 Å². The van der Waals surface area contributed by atoms with Gasteiger partial charge in [0.15, 0.2) is 0 Å². The Hall–Kier alpha value is -3.52. The van der Waals surface area contributed by atoms with Crippen LogP contribution in [0.4, 0.5) is 0 Å². The third-order valence-corrected chi connectivity index (χ3v) is 58.3. The van der Waals surface area contributed by atoms with E-state index in [0.29, 0.717) is 0 Å². The van der Waals surface area contributed by atoms with Gasteiger partial charge in [-0.3, -0.25) is 0 Å². The van der Waals surface area contributed by atoms with Crippen molar-refractivity contribution < 1.29 is 15.0 Å². The molecule has 0 fully saturated rings. The summed E-state index contributed by atoms with van der Waals surface area (Å²) < 4.78 is 0.133. The van der Waals surface area contributed by atoms with Crippen LogP contribution in [0.3, 0.4) is 0 Å². The monoisotopic (exact) mass is 808 g/mol. The maximum atomic E-state index is 8.66. The Morgan fingerprint density at radius 3 is 1.13 bits per heavy atom. The minimum absolute atomic E-state index is 0.0666. The molecule has 0 saturated heterocycles. The fourth-order valence-electron chi connectivity index (χ4n) is 8.98. The van der Waals surface area contributed by atoms with E-state index in [9.17, 15) is 0 Å². The zero-order valence-corrected chi connectivity index (χ0v) is 35.3. The molecule has 0 radical (unpaired) electrons. The van der Waals surface area contributed by atoms with Crippen LogP contribution in [0.15, 0.2) is 157 Å². The summed E-state index contributed by atoms with van der Waals surface area (Å²) in [5.74, 6) is 0. The SMILES string of the molecule is CCC1=Cc2c(-c3ccc(-c4ccccc4)cc3)cccc2[CH]1[Zr]([Cl])([Cl])([CH]1C(CC)=Cc2c(-c3ccc(-c4ccccc4)cc3)cccc21)=[Si](C)C. The fraction of sp³-hybridized carbons (Fsp3) is 0.167. The molecular weight excluding hydrogens is 767 g/mol. The van der Waals surface area contributed by atoms with Gasteiger partial charge in [0.2, 0.25) is 0 Å². The number of fused-ring (bicyclic) bond motifs is 2. The van der Waals surface area contributed by atoms with Gasteiger partial charge < -0.3 is 0 Å². The summed E-state index contributed by atoms with van der Waals surface area (Å²) >= 11 is -4.88. The molecule has 52 heavy (non-hydrogen) atoms. The van der Waals surface area contributed by atoms with Gasteiger partial charge >= 0.3 is 320 Å². The molecule has 0 aliphatic heterocycles. The van der Waals surface area contributed by atoms with E-state index in [2.05, 4.69) is 185 Å². The zero-order chi connectivity index (χ0) is 36.1. The Bertz CT molecular complexity index is 2270. The summed E-state index contributed by atoms with van der Waals surface area (Å²) in [6, 6.07) is 52.9. The van der Waals surface area contributed by atoms with Crippen molar-refractivity contribution in [3.8, 4) is 44.5 Å². The van der Waals surface area contributed by atoms with Crippen LogP contribution in [-0.2, 0) is 15.0 Å². The average molecular weight is 811 g/mol. The van der Waals surface area contributed by atoms with Gasteiger partial charge in [-0.05, 0) is 0 Å². The topological polar surface area (TPSA) is 0 Å². The first-order chi connectivity index (χ1) is 25.2. The molecule has 2 aliphatic rings. The number of benzene rings is 6. The fourth-order valence-corrected chi connectivity index (χ4v) is 38.4. The number of hydrogen-bond acceptors (Lipinski definition) is 0. The number of allylic oxidation sites excluding steroid dienone is 2. The standard InChI is InChI=1S/2C23H19.C2H6Si.2ClH.Zr/c2*1-2-17-15-21-9-6-10-22(23(21)16-17)20-13-11-19(12-14-20)18-7-4-3-5-8-18;1-3-2;;;/h2*3-16H,2H2,1H3;1-2H3;2*1H;/q;;;;;+2/p-2. The Morgan fingerprint density at radius 1 is 0.442 bits per heavy atom. The molecule has 2 aliphatic carbocycles. The van der Waals surface area contributed by atoms with Crippen LogP contribution in [0.1, 0.15) is 56.2 Å². The molecule has 2 unspecified atom stereocenters. The van der Waals surface area contributed by atoms with Crippen LogP contribution in [0.2, 0.25) is 13.1 Å². The van der Waals surface area contributed by atoms with E-state index in [4.69, 9.17) is 17.0 Å². The molecule has 0 bridgehead atoms. The van der Waals surface area contributed by atoms with Gasteiger partial charge in [-0.1, -0.05) is 0 Å². The van der Waals surface area contributed by atoms with E-state index in [1.807, 2.05) is 0 Å². The van der Waals surface area contributed by atoms with Crippen molar-refractivity contribution in [1.82, 2.24) is 0 Å². The molecule has 6 aromatic carbocycles. The maximum absolute atomic E-state index is 8.66. The van der Waals surface area contributed by atoms with Crippen LogP contribution in [0, 0.1) is 0 Å².